The van der Waals surface area contributed by atoms with Gasteiger partial charge in [-0.1, -0.05) is 42.5 Å². The number of hydrogen-bond donors (Lipinski definition) is 1. The number of furan rings is 1. The molecular formula is C19H21NO. The average molecular weight is 279 g/mol. The number of fused-ring (bicyclic) bond motifs is 1. The third kappa shape index (κ3) is 3.34. The molecule has 1 N–H and O–H groups in total. The molecule has 0 radical (unpaired) electrons. The van der Waals surface area contributed by atoms with Crippen molar-refractivity contribution in [3.05, 3.63) is 72.2 Å². The van der Waals surface area contributed by atoms with Crippen LogP contribution in [0, 0.1) is 0 Å². The van der Waals surface area contributed by atoms with Crippen LogP contribution < -0.4 is 5.32 Å². The lowest BCUT2D eigenvalue weighted by Crippen LogP contribution is -2.20. The van der Waals surface area contributed by atoms with Crippen LogP contribution in [0.3, 0.4) is 0 Å². The van der Waals surface area contributed by atoms with Crippen molar-refractivity contribution in [2.24, 2.45) is 0 Å². The van der Waals surface area contributed by atoms with Crippen molar-refractivity contribution in [2.75, 3.05) is 6.54 Å². The molecule has 1 aromatic heterocycles. The molecule has 1 atom stereocenters. The Balaban J connectivity index is 1.56. The van der Waals surface area contributed by atoms with Crippen LogP contribution in [0.1, 0.15) is 30.7 Å². The summed E-state index contributed by atoms with van der Waals surface area (Å²) in [4.78, 5) is 0. The van der Waals surface area contributed by atoms with Gasteiger partial charge in [0, 0.05) is 12.5 Å². The molecule has 2 aliphatic rings. The fraction of sp³-hybridized carbons (Fsp3) is 0.263. The summed E-state index contributed by atoms with van der Waals surface area (Å²) in [6, 6.07) is 19.4. The molecule has 0 spiro atoms. The van der Waals surface area contributed by atoms with Crippen LogP contribution in [-0.2, 0) is 6.42 Å². The van der Waals surface area contributed by atoms with Crippen LogP contribution in [0.15, 0.2) is 65.3 Å². The predicted octanol–water partition coefficient (Wildman–Crippen LogP) is 4.67. The minimum Gasteiger partial charge on any atom is -0.469 e. The number of rotatable bonds is 6. The van der Waals surface area contributed by atoms with E-state index in [1.54, 1.807) is 6.26 Å². The molecule has 3 rings (SSSR count). The quantitative estimate of drug-likeness (QED) is 0.663. The molecule has 1 aromatic rings. The third-order valence-electron chi connectivity index (χ3n) is 3.92. The summed E-state index contributed by atoms with van der Waals surface area (Å²) in [5.74, 6) is 1.07. The Labute approximate surface area is 126 Å². The van der Waals surface area contributed by atoms with Gasteiger partial charge in [-0.05, 0) is 48.7 Å². The first-order valence-electron chi connectivity index (χ1n) is 7.58. The summed E-state index contributed by atoms with van der Waals surface area (Å²) >= 11 is 0. The SMILES string of the molecule is CC(NCCCc1ccco1)c1ccc2cccccc1-2. The largest absolute Gasteiger partial charge is 0.469 e. The minimum absolute atomic E-state index is 0.363. The Morgan fingerprint density at radius 3 is 2.76 bits per heavy atom. The smallest absolute Gasteiger partial charge is 0.103 e. The minimum atomic E-state index is 0.363. The molecule has 2 heteroatoms. The van der Waals surface area contributed by atoms with Crippen LogP contribution in [-0.4, -0.2) is 6.54 Å². The predicted molar refractivity (Wildman–Crippen MR) is 86.5 cm³/mol. The molecule has 0 fully saturated rings. The summed E-state index contributed by atoms with van der Waals surface area (Å²) in [5.41, 5.74) is 4.02. The maximum Gasteiger partial charge on any atom is 0.103 e. The molecule has 1 heterocycles. The molecule has 0 saturated carbocycles. The zero-order valence-corrected chi connectivity index (χ0v) is 12.4. The maximum atomic E-state index is 5.35. The topological polar surface area (TPSA) is 25.2 Å². The average Bonchev–Trinajstić information content (AvgIpc) is 3.09. The van der Waals surface area contributed by atoms with Crippen LogP contribution >= 0.6 is 0 Å². The Bertz CT molecular complexity index is 644. The lowest BCUT2D eigenvalue weighted by molar-refractivity contribution is 0.487. The second kappa shape index (κ2) is 6.59. The summed E-state index contributed by atoms with van der Waals surface area (Å²) in [7, 11) is 0. The standard InChI is InChI=1S/C19H21NO/c1-15(20-13-5-8-17-9-6-14-21-17)18-12-11-16-7-3-2-4-10-19(16)18/h2-4,6-7,9-12,14-15,20H,5,8,13H2,1H3. The van der Waals surface area contributed by atoms with Crippen molar-refractivity contribution in [2.45, 2.75) is 25.8 Å². The summed E-state index contributed by atoms with van der Waals surface area (Å²) in [6.07, 6.45) is 3.81. The van der Waals surface area contributed by atoms with Crippen LogP contribution in [0.5, 0.6) is 0 Å². The normalized spacial score (nSPS) is 12.6. The van der Waals surface area contributed by atoms with Gasteiger partial charge >= 0.3 is 0 Å². The lowest BCUT2D eigenvalue weighted by atomic mass is 10.0. The zero-order valence-electron chi connectivity index (χ0n) is 12.4. The van der Waals surface area contributed by atoms with E-state index in [2.05, 4.69) is 54.7 Å². The van der Waals surface area contributed by atoms with Gasteiger partial charge in [-0.2, -0.15) is 0 Å². The molecular weight excluding hydrogens is 258 g/mol. The maximum absolute atomic E-state index is 5.35. The number of aryl methyl sites for hydroxylation is 1. The Kier molecular flexibility index (Phi) is 4.37. The Morgan fingerprint density at radius 2 is 1.90 bits per heavy atom. The van der Waals surface area contributed by atoms with E-state index in [0.717, 1.165) is 25.1 Å². The summed E-state index contributed by atoms with van der Waals surface area (Å²) < 4.78 is 5.35. The van der Waals surface area contributed by atoms with E-state index in [1.807, 2.05) is 12.1 Å². The number of hydrogen-bond acceptors (Lipinski definition) is 2. The van der Waals surface area contributed by atoms with E-state index < -0.39 is 0 Å². The van der Waals surface area contributed by atoms with E-state index in [4.69, 9.17) is 4.42 Å². The van der Waals surface area contributed by atoms with Crippen LogP contribution in [0.2, 0.25) is 0 Å². The molecule has 21 heavy (non-hydrogen) atoms. The summed E-state index contributed by atoms with van der Waals surface area (Å²) in [6.45, 7) is 3.22. The first kappa shape index (κ1) is 13.9. The molecule has 0 bridgehead atoms. The molecule has 108 valence electrons. The zero-order chi connectivity index (χ0) is 14.5. The summed E-state index contributed by atoms with van der Waals surface area (Å²) in [5, 5.41) is 3.61. The van der Waals surface area contributed by atoms with Crippen molar-refractivity contribution in [3.63, 3.8) is 0 Å². The monoisotopic (exact) mass is 279 g/mol. The van der Waals surface area contributed by atoms with Crippen molar-refractivity contribution < 1.29 is 4.42 Å². The van der Waals surface area contributed by atoms with Crippen LogP contribution in [0.4, 0.5) is 0 Å². The van der Waals surface area contributed by atoms with Gasteiger partial charge in [-0.3, -0.25) is 0 Å². The number of nitrogens with one attached hydrogen (secondary N) is 1. The molecule has 0 amide bonds. The molecule has 0 aromatic carbocycles. The van der Waals surface area contributed by atoms with Gasteiger partial charge in [-0.25, -0.2) is 0 Å². The molecule has 1 unspecified atom stereocenters. The molecule has 2 aliphatic carbocycles. The lowest BCUT2D eigenvalue weighted by Gasteiger charge is -2.14. The third-order valence-corrected chi connectivity index (χ3v) is 3.92. The van der Waals surface area contributed by atoms with Crippen LogP contribution in [0.25, 0.3) is 11.1 Å². The van der Waals surface area contributed by atoms with Gasteiger partial charge < -0.3 is 9.73 Å². The highest BCUT2D eigenvalue weighted by atomic mass is 16.3. The molecule has 0 aliphatic heterocycles. The highest BCUT2D eigenvalue weighted by molar-refractivity contribution is 5.70. The Hall–Kier alpha value is -2.06. The second-order valence-corrected chi connectivity index (χ2v) is 5.43. The first-order valence-corrected chi connectivity index (χ1v) is 7.58. The van der Waals surface area contributed by atoms with E-state index in [1.165, 1.54) is 16.7 Å². The van der Waals surface area contributed by atoms with Gasteiger partial charge in [0.25, 0.3) is 0 Å². The highest BCUT2D eigenvalue weighted by Gasteiger charge is 2.13. The van der Waals surface area contributed by atoms with Gasteiger partial charge in [-0.15, -0.1) is 0 Å². The van der Waals surface area contributed by atoms with Crippen molar-refractivity contribution in [1.82, 2.24) is 5.32 Å². The van der Waals surface area contributed by atoms with Crippen molar-refractivity contribution in [3.8, 4) is 11.1 Å². The first-order chi connectivity index (χ1) is 10.3. The van der Waals surface area contributed by atoms with Gasteiger partial charge in [0.05, 0.1) is 6.26 Å². The molecule has 0 saturated heterocycles. The molecule has 2 nitrogen and oxygen atoms in total. The fourth-order valence-electron chi connectivity index (χ4n) is 2.76. The van der Waals surface area contributed by atoms with Crippen molar-refractivity contribution in [1.29, 1.82) is 0 Å². The van der Waals surface area contributed by atoms with E-state index in [-0.39, 0.29) is 0 Å². The second-order valence-electron chi connectivity index (χ2n) is 5.43. The Morgan fingerprint density at radius 1 is 1.00 bits per heavy atom. The highest BCUT2D eigenvalue weighted by Crippen LogP contribution is 2.31. The van der Waals surface area contributed by atoms with Crippen molar-refractivity contribution >= 4 is 0 Å². The van der Waals surface area contributed by atoms with E-state index >= 15 is 0 Å². The van der Waals surface area contributed by atoms with E-state index in [0.29, 0.717) is 6.04 Å². The van der Waals surface area contributed by atoms with E-state index in [9.17, 15) is 0 Å². The fourth-order valence-corrected chi connectivity index (χ4v) is 2.76. The van der Waals surface area contributed by atoms with Gasteiger partial charge in [0.15, 0.2) is 0 Å². The van der Waals surface area contributed by atoms with Gasteiger partial charge in [0.2, 0.25) is 0 Å². The van der Waals surface area contributed by atoms with Gasteiger partial charge in [0.1, 0.15) is 5.76 Å².